The molecule has 49 heavy (non-hydrogen) atoms. The Balaban J connectivity index is 1.24. The van der Waals surface area contributed by atoms with Gasteiger partial charge < -0.3 is 15.5 Å². The molecule has 5 atom stereocenters. The Morgan fingerprint density at radius 2 is 2.02 bits per heavy atom. The van der Waals surface area contributed by atoms with Crippen LogP contribution in [0.25, 0.3) is 22.4 Å². The number of rotatable bonds is 7. The van der Waals surface area contributed by atoms with Crippen LogP contribution in [-0.2, 0) is 13.0 Å². The number of piperazine rings is 1. The second-order valence-corrected chi connectivity index (χ2v) is 15.1. The molecule has 2 N–H and O–H groups in total. The van der Waals surface area contributed by atoms with Gasteiger partial charge in [0.2, 0.25) is 0 Å². The van der Waals surface area contributed by atoms with Crippen molar-refractivity contribution in [3.05, 3.63) is 81.2 Å². The van der Waals surface area contributed by atoms with Gasteiger partial charge in [-0.15, -0.1) is 0 Å². The lowest BCUT2D eigenvalue weighted by molar-refractivity contribution is -0.108. The fourth-order valence-corrected chi connectivity index (χ4v) is 8.32. The van der Waals surface area contributed by atoms with Crippen molar-refractivity contribution in [3.63, 3.8) is 0 Å². The van der Waals surface area contributed by atoms with Gasteiger partial charge in [0, 0.05) is 48.7 Å². The average Bonchev–Trinajstić information content (AvgIpc) is 3.09. The van der Waals surface area contributed by atoms with Gasteiger partial charge in [0.25, 0.3) is 12.0 Å². The molecular formula is C36H40BrF3N8O. The number of halogens is 4. The highest BCUT2D eigenvalue weighted by Gasteiger charge is 2.56. The number of nitrogens with zero attached hydrogens (tertiary/aromatic N) is 6. The molecule has 1 saturated heterocycles. The highest BCUT2D eigenvalue weighted by molar-refractivity contribution is 9.10. The summed E-state index contributed by atoms with van der Waals surface area (Å²) in [7, 11) is 0. The van der Waals surface area contributed by atoms with Gasteiger partial charge in [-0.1, -0.05) is 42.8 Å². The first-order valence-electron chi connectivity index (χ1n) is 16.9. The Labute approximate surface area is 291 Å². The molecule has 9 nitrogen and oxygen atoms in total. The van der Waals surface area contributed by atoms with Crippen LogP contribution in [0.1, 0.15) is 39.2 Å². The lowest BCUT2D eigenvalue weighted by atomic mass is 9.45. The summed E-state index contributed by atoms with van der Waals surface area (Å²) < 4.78 is 44.5. The number of aromatic nitrogens is 4. The number of nitrogens with one attached hydrogen (secondary N) is 2. The van der Waals surface area contributed by atoms with Crippen molar-refractivity contribution in [1.29, 1.82) is 0 Å². The largest absolute Gasteiger partial charge is 0.340 e. The van der Waals surface area contributed by atoms with Crippen LogP contribution in [0, 0.1) is 29.0 Å². The summed E-state index contributed by atoms with van der Waals surface area (Å²) in [6.07, 6.45) is 4.55. The second kappa shape index (κ2) is 13.5. The number of hydrogen-bond donors (Lipinski definition) is 2. The maximum absolute atomic E-state index is 14.7. The van der Waals surface area contributed by atoms with Gasteiger partial charge in [0.05, 0.1) is 29.2 Å². The van der Waals surface area contributed by atoms with Crippen LogP contribution in [0.2, 0.25) is 0 Å². The minimum atomic E-state index is -2.50. The molecule has 3 aliphatic carbocycles. The van der Waals surface area contributed by atoms with E-state index in [0.29, 0.717) is 80.4 Å². The molecule has 4 fully saturated rings. The first kappa shape index (κ1) is 33.6. The Hall–Kier alpha value is -3.84. The van der Waals surface area contributed by atoms with Gasteiger partial charge in [0.15, 0.2) is 11.8 Å². The van der Waals surface area contributed by atoms with E-state index < -0.39 is 12.5 Å². The van der Waals surface area contributed by atoms with E-state index in [9.17, 15) is 18.0 Å². The van der Waals surface area contributed by atoms with Gasteiger partial charge in [0.1, 0.15) is 11.5 Å². The molecule has 13 heteroatoms. The van der Waals surface area contributed by atoms with Crippen LogP contribution in [0.15, 0.2) is 69.2 Å². The lowest BCUT2D eigenvalue weighted by Gasteiger charge is -2.61. The Bertz CT molecular complexity index is 1940. The van der Waals surface area contributed by atoms with Gasteiger partial charge in [-0.2, -0.15) is 0 Å². The summed E-state index contributed by atoms with van der Waals surface area (Å²) >= 11 is 3.29. The maximum Gasteiger partial charge on any atom is 0.261 e. The number of hydrogen-bond acceptors (Lipinski definition) is 6. The number of aliphatic imine (C=N–C) groups is 1. The molecule has 1 aliphatic heterocycles. The Morgan fingerprint density at radius 1 is 1.18 bits per heavy atom. The van der Waals surface area contributed by atoms with Crippen molar-refractivity contribution < 1.29 is 13.2 Å². The molecule has 0 radical (unpaired) electrons. The number of alkyl halides is 2. The van der Waals surface area contributed by atoms with Crippen LogP contribution < -0.4 is 16.2 Å². The van der Waals surface area contributed by atoms with Crippen molar-refractivity contribution in [3.8, 4) is 11.5 Å². The smallest absolute Gasteiger partial charge is 0.261 e. The van der Waals surface area contributed by atoms with E-state index in [1.54, 1.807) is 36.5 Å². The molecule has 3 saturated carbocycles. The fraction of sp³-hybridized carbons (Fsp3) is 0.472. The van der Waals surface area contributed by atoms with Crippen molar-refractivity contribution in [2.45, 2.75) is 65.1 Å². The van der Waals surface area contributed by atoms with Crippen LogP contribution in [0.4, 0.5) is 18.9 Å². The van der Waals surface area contributed by atoms with Crippen LogP contribution in [-0.4, -0.2) is 68.5 Å². The van der Waals surface area contributed by atoms with Crippen molar-refractivity contribution in [2.24, 2.45) is 28.2 Å². The third-order valence-corrected chi connectivity index (χ3v) is 11.5. The molecule has 2 aromatic carbocycles. The normalized spacial score (nSPS) is 25.0. The summed E-state index contributed by atoms with van der Waals surface area (Å²) in [4.78, 5) is 34.6. The van der Waals surface area contributed by atoms with E-state index in [4.69, 9.17) is 9.98 Å². The zero-order chi connectivity index (χ0) is 34.4. The third-order valence-electron chi connectivity index (χ3n) is 11.0. The van der Waals surface area contributed by atoms with E-state index in [0.717, 1.165) is 6.42 Å². The average molecular weight is 738 g/mol. The van der Waals surface area contributed by atoms with E-state index in [2.05, 4.69) is 57.3 Å². The zero-order valence-electron chi connectivity index (χ0n) is 27.7. The van der Waals surface area contributed by atoms with Gasteiger partial charge in [-0.25, -0.2) is 28.1 Å². The molecule has 0 spiro atoms. The van der Waals surface area contributed by atoms with Gasteiger partial charge in [-0.3, -0.25) is 14.3 Å². The molecule has 2 bridgehead atoms. The highest BCUT2D eigenvalue weighted by atomic mass is 79.9. The predicted molar refractivity (Wildman–Crippen MR) is 188 cm³/mol. The number of aryl methyl sites for hydroxylation is 1. The number of anilines is 1. The maximum atomic E-state index is 14.7. The van der Waals surface area contributed by atoms with Crippen molar-refractivity contribution in [2.75, 3.05) is 25.0 Å². The van der Waals surface area contributed by atoms with Crippen LogP contribution in [0.5, 0.6) is 0 Å². The monoisotopic (exact) mass is 736 g/mol. The van der Waals surface area contributed by atoms with Crippen molar-refractivity contribution >= 4 is 38.5 Å². The molecule has 4 aromatic rings. The van der Waals surface area contributed by atoms with Gasteiger partial charge in [-0.05, 0) is 78.3 Å². The molecule has 2 aromatic heterocycles. The first-order chi connectivity index (χ1) is 23.5. The lowest BCUT2D eigenvalue weighted by Crippen LogP contribution is -2.58. The number of benzene rings is 2. The predicted octanol–water partition coefficient (Wildman–Crippen LogP) is 6.38. The molecule has 3 heterocycles. The summed E-state index contributed by atoms with van der Waals surface area (Å²) in [6, 6.07) is 9.25. The first-order valence-corrected chi connectivity index (χ1v) is 17.6. The molecule has 0 amide bonds. The van der Waals surface area contributed by atoms with E-state index in [-0.39, 0.29) is 36.9 Å². The molecule has 8 rings (SSSR count). The minimum Gasteiger partial charge on any atom is -0.340 e. The number of guanidine groups is 1. The quantitative estimate of drug-likeness (QED) is 0.168. The summed E-state index contributed by atoms with van der Waals surface area (Å²) in [6.45, 7) is 8.19. The third kappa shape index (κ3) is 6.59. The highest BCUT2D eigenvalue weighted by Crippen LogP contribution is 2.61. The zero-order valence-corrected chi connectivity index (χ0v) is 29.3. The Morgan fingerprint density at radius 3 is 2.73 bits per heavy atom. The fourth-order valence-electron chi connectivity index (χ4n) is 7.98. The minimum absolute atomic E-state index is 0.0729. The van der Waals surface area contributed by atoms with Crippen molar-refractivity contribution in [1.82, 2.24) is 29.7 Å². The van der Waals surface area contributed by atoms with E-state index in [1.807, 2.05) is 4.90 Å². The molecule has 1 unspecified atom stereocenters. The molecule has 258 valence electrons. The van der Waals surface area contributed by atoms with Crippen LogP contribution >= 0.6 is 15.9 Å². The van der Waals surface area contributed by atoms with E-state index in [1.165, 1.54) is 29.4 Å². The standard InChI is InChI=1S/C36H40BrF3N8O/c1-20-26-14-22(36(26,2)3)15-28(20)46-35(47-13-11-43-31(19-47)32(39)40)44-24-6-7-25-29(17-24)45-33(30-18-41-9-10-42-30)48(34(25)49)12-8-21-4-5-23(37)16-27(21)38/h4-7,9-10,16-18,20,22,26,28,31-32,43H,8,11-15,19H2,1-3H3,(H,44,46)/t20-,22+,26-,28?,31+/m0/s1. The van der Waals surface area contributed by atoms with Crippen LogP contribution in [0.3, 0.4) is 0 Å². The van der Waals surface area contributed by atoms with E-state index >= 15 is 0 Å². The second-order valence-electron chi connectivity index (χ2n) is 14.1. The summed E-state index contributed by atoms with van der Waals surface area (Å²) in [5.41, 5.74) is 1.95. The molecular weight excluding hydrogens is 697 g/mol. The summed E-state index contributed by atoms with van der Waals surface area (Å²) in [5.74, 6) is 2.04. The summed E-state index contributed by atoms with van der Waals surface area (Å²) in [5, 5.41) is 6.77. The van der Waals surface area contributed by atoms with Gasteiger partial charge >= 0.3 is 0 Å². The Kier molecular flexibility index (Phi) is 9.25. The SMILES string of the molecule is C[C@@H]1C(/N=C(/Nc2ccc3c(=O)n(CCc4ccc(Br)cc4F)c(-c4cnccn4)nc3c2)N2CCN[C@@H](C(F)F)C2)C[C@H]2C[C@@H]1C2(C)C. The molecule has 4 aliphatic rings. The number of fused-ring (bicyclic) bond motifs is 3. The topological polar surface area (TPSA) is 100 Å².